The second-order valence-corrected chi connectivity index (χ2v) is 11.4. The van der Waals surface area contributed by atoms with Crippen LogP contribution < -0.4 is 4.90 Å². The fourth-order valence-electron chi connectivity index (χ4n) is 7.04. The third kappa shape index (κ3) is 3.50. The molecular formula is C34H23ClN2O5. The lowest BCUT2D eigenvalue weighted by atomic mass is 9.64. The Kier molecular flexibility index (Phi) is 5.78. The smallest absolute Gasteiger partial charge is 0.269 e. The zero-order chi connectivity index (χ0) is 29.3. The summed E-state index contributed by atoms with van der Waals surface area (Å²) in [5, 5.41) is 12.4. The largest absolute Gasteiger partial charge is 0.352 e. The molecule has 8 heteroatoms. The molecule has 1 fully saturated rings. The third-order valence-corrected chi connectivity index (χ3v) is 9.05. The van der Waals surface area contributed by atoms with E-state index in [-0.39, 0.29) is 22.6 Å². The molecule has 0 N–H and O–H groups in total. The highest BCUT2D eigenvalue weighted by molar-refractivity contribution is 6.32. The van der Waals surface area contributed by atoms with E-state index in [4.69, 9.17) is 11.6 Å². The Morgan fingerprint density at radius 3 is 2.26 bits per heavy atom. The van der Waals surface area contributed by atoms with Gasteiger partial charge in [-0.2, -0.15) is 0 Å². The summed E-state index contributed by atoms with van der Waals surface area (Å²) < 4.78 is 0. The molecule has 4 aromatic carbocycles. The molecule has 7 nitrogen and oxygen atoms in total. The Hall–Kier alpha value is -4.88. The van der Waals surface area contributed by atoms with Gasteiger partial charge in [-0.25, -0.2) is 0 Å². The summed E-state index contributed by atoms with van der Waals surface area (Å²) in [6.45, 7) is 1.92. The van der Waals surface area contributed by atoms with Crippen molar-refractivity contribution in [1.29, 1.82) is 0 Å². The Morgan fingerprint density at radius 2 is 1.60 bits per heavy atom. The maximum Gasteiger partial charge on any atom is 0.269 e. The number of rotatable bonds is 4. The van der Waals surface area contributed by atoms with Crippen molar-refractivity contribution >= 4 is 46.4 Å². The standard InChI is InChI=1S/C34H23ClN2O5/c1-19-9-11-20(12-10-19)31(38)30-29(22-5-4-6-24(18-22)37(41)42)34(32(39)25-7-2-3-8-26(25)33(34)40)28-16-13-21-17-23(35)14-15-27(21)36(28)30/h2-18,28-30H,1H3/t28-,29-,30+/m0/s1. The van der Waals surface area contributed by atoms with Crippen molar-refractivity contribution in [1.82, 2.24) is 0 Å². The molecule has 0 aromatic heterocycles. The lowest BCUT2D eigenvalue weighted by Gasteiger charge is -2.37. The average molecular weight is 575 g/mol. The van der Waals surface area contributed by atoms with Crippen LogP contribution in [0.3, 0.4) is 0 Å². The van der Waals surface area contributed by atoms with Gasteiger partial charge >= 0.3 is 0 Å². The predicted molar refractivity (Wildman–Crippen MR) is 159 cm³/mol. The van der Waals surface area contributed by atoms with Crippen LogP contribution >= 0.6 is 11.6 Å². The van der Waals surface area contributed by atoms with Crippen LogP contribution in [0.5, 0.6) is 0 Å². The molecule has 7 rings (SSSR count). The third-order valence-electron chi connectivity index (χ3n) is 8.81. The first-order valence-electron chi connectivity index (χ1n) is 13.5. The lowest BCUT2D eigenvalue weighted by molar-refractivity contribution is -0.384. The highest BCUT2D eigenvalue weighted by atomic mass is 35.5. The number of carbonyl (C=O) groups excluding carboxylic acids is 3. The Bertz CT molecular complexity index is 1840. The number of hydrogen-bond donors (Lipinski definition) is 0. The van der Waals surface area contributed by atoms with Gasteiger partial charge in [0.15, 0.2) is 17.3 Å². The Balaban J connectivity index is 1.56. The number of non-ortho nitro benzene ring substituents is 1. The highest BCUT2D eigenvalue weighted by Crippen LogP contribution is 2.61. The van der Waals surface area contributed by atoms with Gasteiger partial charge in [0.1, 0.15) is 11.5 Å². The number of carbonyl (C=O) groups is 3. The van der Waals surface area contributed by atoms with Crippen molar-refractivity contribution in [2.24, 2.45) is 5.41 Å². The number of benzene rings is 4. The van der Waals surface area contributed by atoms with Gasteiger partial charge in [-0.3, -0.25) is 24.5 Å². The molecule has 0 amide bonds. The first-order valence-corrected chi connectivity index (χ1v) is 13.9. The van der Waals surface area contributed by atoms with E-state index in [9.17, 15) is 24.5 Å². The van der Waals surface area contributed by atoms with Crippen LogP contribution in [0.25, 0.3) is 6.08 Å². The molecule has 2 heterocycles. The van der Waals surface area contributed by atoms with Crippen molar-refractivity contribution in [3.63, 3.8) is 0 Å². The van der Waals surface area contributed by atoms with E-state index in [0.29, 0.717) is 21.8 Å². The monoisotopic (exact) mass is 574 g/mol. The highest BCUT2D eigenvalue weighted by Gasteiger charge is 2.71. The number of hydrogen-bond acceptors (Lipinski definition) is 6. The van der Waals surface area contributed by atoms with Gasteiger partial charge in [0.05, 0.1) is 11.0 Å². The molecular weight excluding hydrogens is 552 g/mol. The van der Waals surface area contributed by atoms with Crippen molar-refractivity contribution in [2.45, 2.75) is 24.9 Å². The van der Waals surface area contributed by atoms with E-state index < -0.39 is 39.9 Å². The normalized spacial score (nSPS) is 21.3. The number of halogens is 1. The van der Waals surface area contributed by atoms with Gasteiger partial charge in [0, 0.05) is 45.5 Å². The van der Waals surface area contributed by atoms with Crippen LogP contribution in [0.2, 0.25) is 5.02 Å². The zero-order valence-corrected chi connectivity index (χ0v) is 23.1. The number of aryl methyl sites for hydroxylation is 1. The molecule has 2 aliphatic heterocycles. The summed E-state index contributed by atoms with van der Waals surface area (Å²) in [5.41, 5.74) is 1.81. The zero-order valence-electron chi connectivity index (χ0n) is 22.4. The van der Waals surface area contributed by atoms with E-state index in [2.05, 4.69) is 0 Å². The predicted octanol–water partition coefficient (Wildman–Crippen LogP) is 6.87. The van der Waals surface area contributed by atoms with Crippen LogP contribution in [0.1, 0.15) is 53.7 Å². The van der Waals surface area contributed by atoms with E-state index in [1.165, 1.54) is 18.2 Å². The van der Waals surface area contributed by atoms with Crippen LogP contribution in [-0.4, -0.2) is 34.4 Å². The van der Waals surface area contributed by atoms with Gasteiger partial charge in [-0.05, 0) is 36.2 Å². The minimum absolute atomic E-state index is 0.188. The number of anilines is 1. The quantitative estimate of drug-likeness (QED) is 0.114. The van der Waals surface area contributed by atoms with Crippen LogP contribution in [0.15, 0.2) is 97.1 Å². The molecule has 1 aliphatic carbocycles. The Labute approximate surface area is 246 Å². The summed E-state index contributed by atoms with van der Waals surface area (Å²) >= 11 is 6.34. The first-order chi connectivity index (χ1) is 20.2. The SMILES string of the molecule is Cc1ccc(C(=O)[C@H]2[C@H](c3cccc([N+](=O)[O-])c3)C3(C(=O)c4ccccc4C3=O)[C@@H]3C=Cc4cc(Cl)ccc4N32)cc1. The van der Waals surface area contributed by atoms with Gasteiger partial charge in [-0.1, -0.05) is 90.0 Å². The number of nitrogens with zero attached hydrogens (tertiary/aromatic N) is 2. The molecule has 4 aromatic rings. The van der Waals surface area contributed by atoms with Crippen LogP contribution in [0.4, 0.5) is 11.4 Å². The lowest BCUT2D eigenvalue weighted by Crippen LogP contribution is -2.48. The molecule has 42 heavy (non-hydrogen) atoms. The van der Waals surface area contributed by atoms with E-state index >= 15 is 0 Å². The van der Waals surface area contributed by atoms with Crippen LogP contribution in [0, 0.1) is 22.5 Å². The minimum Gasteiger partial charge on any atom is -0.352 e. The molecule has 0 unspecified atom stereocenters. The van der Waals surface area contributed by atoms with Gasteiger partial charge in [-0.15, -0.1) is 0 Å². The van der Waals surface area contributed by atoms with Crippen molar-refractivity contribution in [3.8, 4) is 0 Å². The second kappa shape index (κ2) is 9.33. The maximum atomic E-state index is 14.7. The fraction of sp³-hybridized carbons (Fsp3) is 0.147. The summed E-state index contributed by atoms with van der Waals surface area (Å²) in [6.07, 6.45) is 3.63. The van der Waals surface area contributed by atoms with Gasteiger partial charge < -0.3 is 4.90 Å². The average Bonchev–Trinajstić information content (AvgIpc) is 3.43. The van der Waals surface area contributed by atoms with E-state index in [1.807, 2.05) is 30.0 Å². The van der Waals surface area contributed by atoms with E-state index in [1.54, 1.807) is 66.7 Å². The van der Waals surface area contributed by atoms with Gasteiger partial charge in [0.2, 0.25) is 0 Å². The number of ketones is 3. The molecule has 0 bridgehead atoms. The van der Waals surface area contributed by atoms with Crippen molar-refractivity contribution < 1.29 is 19.3 Å². The number of nitro groups is 1. The van der Waals surface area contributed by atoms with Gasteiger partial charge in [0.25, 0.3) is 5.69 Å². The van der Waals surface area contributed by atoms with Crippen molar-refractivity contribution in [2.75, 3.05) is 4.90 Å². The molecule has 1 saturated heterocycles. The summed E-state index contributed by atoms with van der Waals surface area (Å²) in [5.74, 6) is -2.11. The molecule has 3 aliphatic rings. The number of nitro benzene ring substituents is 1. The summed E-state index contributed by atoms with van der Waals surface area (Å²) in [4.78, 5) is 57.2. The number of fused-ring (bicyclic) bond motifs is 5. The molecule has 0 radical (unpaired) electrons. The fourth-order valence-corrected chi connectivity index (χ4v) is 7.22. The molecule has 0 saturated carbocycles. The molecule has 3 atom stereocenters. The minimum atomic E-state index is -1.74. The van der Waals surface area contributed by atoms with Crippen LogP contribution in [-0.2, 0) is 0 Å². The maximum absolute atomic E-state index is 14.7. The molecule has 1 spiro atoms. The summed E-state index contributed by atoms with van der Waals surface area (Å²) in [6, 6.07) is 23.2. The first kappa shape index (κ1) is 26.0. The second-order valence-electron chi connectivity index (χ2n) is 11.0. The molecule has 206 valence electrons. The number of Topliss-reactive ketones (excluding diaryl/α,β-unsaturated/α-hetero) is 3. The van der Waals surface area contributed by atoms with E-state index in [0.717, 1.165) is 11.1 Å². The Morgan fingerprint density at radius 1 is 0.905 bits per heavy atom. The summed E-state index contributed by atoms with van der Waals surface area (Å²) in [7, 11) is 0. The van der Waals surface area contributed by atoms with Crippen molar-refractivity contribution in [3.05, 3.63) is 146 Å². The topological polar surface area (TPSA) is 97.6 Å².